The molecule has 0 amide bonds. The van der Waals surface area contributed by atoms with Crippen molar-refractivity contribution in [2.45, 2.75) is 58.5 Å². The molecule has 2 aliphatic rings. The molecule has 2 atom stereocenters. The minimum atomic E-state index is -0.975. The number of benzene rings is 1. The van der Waals surface area contributed by atoms with Crippen molar-refractivity contribution in [2.75, 3.05) is 19.8 Å². The topological polar surface area (TPSA) is 27.7 Å². The summed E-state index contributed by atoms with van der Waals surface area (Å²) in [5.41, 5.74) is 0. The summed E-state index contributed by atoms with van der Waals surface area (Å²) < 4.78 is 44.7. The van der Waals surface area contributed by atoms with E-state index in [1.54, 1.807) is 6.92 Å². The quantitative estimate of drug-likeness (QED) is 0.537. The van der Waals surface area contributed by atoms with Gasteiger partial charge >= 0.3 is 0 Å². The monoisotopic (exact) mass is 394 g/mol. The summed E-state index contributed by atoms with van der Waals surface area (Å²) in [6.07, 6.45) is 11.3. The molecule has 3 nitrogen and oxygen atoms in total. The van der Waals surface area contributed by atoms with Gasteiger partial charge in [-0.2, -0.15) is 8.78 Å². The Labute approximate surface area is 167 Å². The average Bonchev–Trinajstić information content (AvgIpc) is 2.72. The molecule has 1 heterocycles. The highest BCUT2D eigenvalue weighted by atomic mass is 19.2. The van der Waals surface area contributed by atoms with Crippen LogP contribution in [0.2, 0.25) is 0 Å². The molecule has 3 rings (SSSR count). The Morgan fingerprint density at radius 2 is 1.61 bits per heavy atom. The standard InChI is InChI=1S/C23H32F2O3/c1-3-5-19-11-10-18(15-27-19)17-8-6-16(7-9-17)14-28-21-13-12-20(26-4-2)22(24)23(21)25/h3,5,12-13,16-19H,4,6-11,14-15H2,1-2H3. The van der Waals surface area contributed by atoms with Crippen LogP contribution in [0.3, 0.4) is 0 Å². The van der Waals surface area contributed by atoms with Crippen molar-refractivity contribution < 1.29 is 23.0 Å². The van der Waals surface area contributed by atoms with E-state index in [2.05, 4.69) is 12.2 Å². The lowest BCUT2D eigenvalue weighted by Gasteiger charge is -2.37. The molecule has 1 saturated heterocycles. The Hall–Kier alpha value is -1.62. The lowest BCUT2D eigenvalue weighted by atomic mass is 9.74. The van der Waals surface area contributed by atoms with Gasteiger partial charge in [-0.05, 0) is 82.3 Å². The summed E-state index contributed by atoms with van der Waals surface area (Å²) in [4.78, 5) is 0. The lowest BCUT2D eigenvalue weighted by molar-refractivity contribution is -0.0178. The van der Waals surface area contributed by atoms with Gasteiger partial charge in [-0.15, -0.1) is 0 Å². The molecule has 0 radical (unpaired) electrons. The number of hydrogen-bond acceptors (Lipinski definition) is 3. The molecule has 1 aliphatic heterocycles. The van der Waals surface area contributed by atoms with E-state index in [1.165, 1.54) is 18.6 Å². The highest BCUT2D eigenvalue weighted by Gasteiger charge is 2.31. The summed E-state index contributed by atoms with van der Waals surface area (Å²) in [6.45, 7) is 5.35. The molecule has 1 aromatic rings. The molecule has 0 N–H and O–H groups in total. The Balaban J connectivity index is 1.43. The van der Waals surface area contributed by atoms with Crippen LogP contribution in [0.25, 0.3) is 0 Å². The van der Waals surface area contributed by atoms with Crippen LogP contribution in [0.4, 0.5) is 8.78 Å². The van der Waals surface area contributed by atoms with Gasteiger partial charge in [0.1, 0.15) is 0 Å². The zero-order valence-corrected chi connectivity index (χ0v) is 17.0. The van der Waals surface area contributed by atoms with E-state index in [0.717, 1.165) is 38.7 Å². The first kappa shape index (κ1) is 21.1. The van der Waals surface area contributed by atoms with E-state index in [-0.39, 0.29) is 17.6 Å². The molecule has 28 heavy (non-hydrogen) atoms. The Morgan fingerprint density at radius 1 is 0.964 bits per heavy atom. The Kier molecular flexibility index (Phi) is 7.72. The number of hydrogen-bond donors (Lipinski definition) is 0. The summed E-state index contributed by atoms with van der Waals surface area (Å²) in [6, 6.07) is 2.88. The zero-order valence-electron chi connectivity index (χ0n) is 17.0. The average molecular weight is 395 g/mol. The second kappa shape index (κ2) is 10.2. The molecule has 0 aromatic heterocycles. The van der Waals surface area contributed by atoms with Crippen molar-refractivity contribution in [3.63, 3.8) is 0 Å². The third kappa shape index (κ3) is 5.25. The molecular formula is C23H32F2O3. The van der Waals surface area contributed by atoms with Gasteiger partial charge in [0.15, 0.2) is 11.5 Å². The maximum Gasteiger partial charge on any atom is 0.204 e. The maximum atomic E-state index is 14.1. The predicted octanol–water partition coefficient (Wildman–Crippen LogP) is 5.92. The largest absolute Gasteiger partial charge is 0.491 e. The van der Waals surface area contributed by atoms with Crippen LogP contribution in [0.15, 0.2) is 24.3 Å². The fraction of sp³-hybridized carbons (Fsp3) is 0.652. The Bertz CT molecular complexity index is 645. The van der Waals surface area contributed by atoms with Crippen molar-refractivity contribution in [3.05, 3.63) is 35.9 Å². The van der Waals surface area contributed by atoms with Crippen molar-refractivity contribution in [2.24, 2.45) is 17.8 Å². The zero-order chi connectivity index (χ0) is 19.9. The molecule has 5 heteroatoms. The van der Waals surface area contributed by atoms with Gasteiger partial charge in [-0.3, -0.25) is 0 Å². The normalized spacial score (nSPS) is 28.4. The van der Waals surface area contributed by atoms with Gasteiger partial charge in [-0.25, -0.2) is 0 Å². The molecular weight excluding hydrogens is 362 g/mol. The minimum absolute atomic E-state index is 0.0289. The summed E-state index contributed by atoms with van der Waals surface area (Å²) in [5, 5.41) is 0. The highest BCUT2D eigenvalue weighted by molar-refractivity contribution is 5.35. The first-order valence-corrected chi connectivity index (χ1v) is 10.6. The first-order valence-electron chi connectivity index (χ1n) is 10.6. The van der Waals surface area contributed by atoms with Gasteiger partial charge in [0.2, 0.25) is 11.6 Å². The van der Waals surface area contributed by atoms with Crippen LogP contribution in [-0.4, -0.2) is 25.9 Å². The number of ether oxygens (including phenoxy) is 3. The SMILES string of the molecule is CC=CC1CCC(C2CCC(COc3ccc(OCC)c(F)c3F)CC2)CO1. The van der Waals surface area contributed by atoms with Crippen molar-refractivity contribution >= 4 is 0 Å². The summed E-state index contributed by atoms with van der Waals surface area (Å²) >= 11 is 0. The van der Waals surface area contributed by atoms with Gasteiger partial charge in [-0.1, -0.05) is 12.2 Å². The van der Waals surface area contributed by atoms with E-state index in [1.807, 2.05) is 6.92 Å². The number of allylic oxidation sites excluding steroid dienone is 1. The molecule has 2 fully saturated rings. The maximum absolute atomic E-state index is 14.1. The van der Waals surface area contributed by atoms with Crippen LogP contribution in [0.1, 0.15) is 52.4 Å². The Morgan fingerprint density at radius 3 is 2.18 bits per heavy atom. The lowest BCUT2D eigenvalue weighted by Crippen LogP contribution is -2.32. The molecule has 0 spiro atoms. The van der Waals surface area contributed by atoms with Crippen LogP contribution < -0.4 is 9.47 Å². The van der Waals surface area contributed by atoms with Crippen molar-refractivity contribution in [1.29, 1.82) is 0 Å². The third-order valence-electron chi connectivity index (χ3n) is 6.10. The van der Waals surface area contributed by atoms with Crippen LogP contribution >= 0.6 is 0 Å². The van der Waals surface area contributed by atoms with E-state index >= 15 is 0 Å². The van der Waals surface area contributed by atoms with Crippen molar-refractivity contribution in [3.8, 4) is 11.5 Å². The fourth-order valence-corrected chi connectivity index (χ4v) is 4.46. The van der Waals surface area contributed by atoms with E-state index in [0.29, 0.717) is 31.0 Å². The van der Waals surface area contributed by atoms with Crippen molar-refractivity contribution in [1.82, 2.24) is 0 Å². The molecule has 1 aromatic carbocycles. The van der Waals surface area contributed by atoms with Crippen LogP contribution in [0, 0.1) is 29.4 Å². The van der Waals surface area contributed by atoms with Crippen LogP contribution in [-0.2, 0) is 4.74 Å². The predicted molar refractivity (Wildman–Crippen MR) is 106 cm³/mol. The molecule has 1 saturated carbocycles. The smallest absolute Gasteiger partial charge is 0.204 e. The second-order valence-corrected chi connectivity index (χ2v) is 7.95. The van der Waals surface area contributed by atoms with E-state index in [4.69, 9.17) is 14.2 Å². The van der Waals surface area contributed by atoms with Gasteiger partial charge in [0.05, 0.1) is 25.9 Å². The molecule has 156 valence electrons. The first-order chi connectivity index (χ1) is 13.6. The molecule has 1 aliphatic carbocycles. The number of rotatable bonds is 7. The molecule has 2 unspecified atom stereocenters. The molecule has 0 bridgehead atoms. The van der Waals surface area contributed by atoms with E-state index < -0.39 is 11.6 Å². The minimum Gasteiger partial charge on any atom is -0.491 e. The third-order valence-corrected chi connectivity index (χ3v) is 6.10. The fourth-order valence-electron chi connectivity index (χ4n) is 4.46. The number of halogens is 2. The van der Waals surface area contributed by atoms with Gasteiger partial charge in [0, 0.05) is 0 Å². The van der Waals surface area contributed by atoms with Gasteiger partial charge < -0.3 is 14.2 Å². The summed E-state index contributed by atoms with van der Waals surface area (Å²) in [5.74, 6) is -0.279. The highest BCUT2D eigenvalue weighted by Crippen LogP contribution is 2.38. The summed E-state index contributed by atoms with van der Waals surface area (Å²) in [7, 11) is 0. The van der Waals surface area contributed by atoms with Crippen LogP contribution in [0.5, 0.6) is 11.5 Å². The van der Waals surface area contributed by atoms with E-state index in [9.17, 15) is 8.78 Å². The second-order valence-electron chi connectivity index (χ2n) is 7.95. The van der Waals surface area contributed by atoms with Gasteiger partial charge in [0.25, 0.3) is 0 Å².